The Morgan fingerprint density at radius 2 is 2.16 bits per heavy atom. The second kappa shape index (κ2) is 5.34. The molecule has 0 atom stereocenters. The van der Waals surface area contributed by atoms with Crippen molar-refractivity contribution in [3.63, 3.8) is 0 Å². The van der Waals surface area contributed by atoms with Crippen LogP contribution in [0.25, 0.3) is 0 Å². The van der Waals surface area contributed by atoms with Crippen LogP contribution in [0.15, 0.2) is 30.6 Å². The summed E-state index contributed by atoms with van der Waals surface area (Å²) in [6.45, 7) is 1.80. The van der Waals surface area contributed by atoms with Crippen molar-refractivity contribution in [2.24, 2.45) is 0 Å². The topological polar surface area (TPSA) is 87.3 Å². The molecule has 2 N–H and O–H groups in total. The van der Waals surface area contributed by atoms with Crippen LogP contribution >= 0.6 is 0 Å². The van der Waals surface area contributed by atoms with Crippen LogP contribution in [-0.2, 0) is 4.74 Å². The van der Waals surface area contributed by atoms with E-state index >= 15 is 0 Å². The molecule has 2 aromatic heterocycles. The van der Waals surface area contributed by atoms with Crippen molar-refractivity contribution in [1.29, 1.82) is 0 Å². The van der Waals surface area contributed by atoms with E-state index in [4.69, 9.17) is 10.5 Å². The van der Waals surface area contributed by atoms with E-state index in [1.807, 2.05) is 0 Å². The van der Waals surface area contributed by atoms with Gasteiger partial charge in [-0.3, -0.25) is 4.98 Å². The first kappa shape index (κ1) is 12.8. The number of esters is 1. The van der Waals surface area contributed by atoms with Gasteiger partial charge in [-0.05, 0) is 25.1 Å². The summed E-state index contributed by atoms with van der Waals surface area (Å²) < 4.78 is 10.3. The number of nitrogens with two attached hydrogens (primary N) is 1. The summed E-state index contributed by atoms with van der Waals surface area (Å²) >= 11 is 0. The summed E-state index contributed by atoms with van der Waals surface area (Å²) in [7, 11) is 1.28. The Morgan fingerprint density at radius 1 is 1.37 bits per heavy atom. The van der Waals surface area contributed by atoms with Gasteiger partial charge in [0, 0.05) is 6.20 Å². The van der Waals surface area contributed by atoms with Gasteiger partial charge in [-0.25, -0.2) is 9.78 Å². The van der Waals surface area contributed by atoms with Crippen LogP contribution in [0.1, 0.15) is 16.1 Å². The molecule has 2 rings (SSSR count). The summed E-state index contributed by atoms with van der Waals surface area (Å²) in [5.74, 6) is 0.0958. The lowest BCUT2D eigenvalue weighted by Gasteiger charge is -2.10. The lowest BCUT2D eigenvalue weighted by Crippen LogP contribution is -2.06. The highest BCUT2D eigenvalue weighted by atomic mass is 16.5. The highest BCUT2D eigenvalue weighted by molar-refractivity contribution is 5.92. The van der Waals surface area contributed by atoms with Crippen molar-refractivity contribution >= 4 is 11.7 Å². The zero-order valence-corrected chi connectivity index (χ0v) is 10.6. The Labute approximate surface area is 110 Å². The molecule has 0 radical (unpaired) electrons. The molecule has 0 aromatic carbocycles. The first-order valence-electron chi connectivity index (χ1n) is 5.55. The van der Waals surface area contributed by atoms with Crippen molar-refractivity contribution in [2.75, 3.05) is 12.8 Å². The second-order valence-electron chi connectivity index (χ2n) is 3.80. The molecule has 0 unspecified atom stereocenters. The van der Waals surface area contributed by atoms with Gasteiger partial charge in [0.15, 0.2) is 5.75 Å². The second-order valence-corrected chi connectivity index (χ2v) is 3.80. The number of ether oxygens (including phenoxy) is 2. The van der Waals surface area contributed by atoms with Gasteiger partial charge in [0.25, 0.3) is 0 Å². The molecule has 6 nitrogen and oxygen atoms in total. The lowest BCUT2D eigenvalue weighted by atomic mass is 10.2. The number of aryl methyl sites for hydroxylation is 1. The minimum atomic E-state index is -0.559. The van der Waals surface area contributed by atoms with Crippen molar-refractivity contribution in [1.82, 2.24) is 9.97 Å². The van der Waals surface area contributed by atoms with Gasteiger partial charge in [-0.1, -0.05) is 0 Å². The van der Waals surface area contributed by atoms with Gasteiger partial charge in [0.2, 0.25) is 5.88 Å². The molecule has 6 heteroatoms. The third kappa shape index (κ3) is 2.79. The minimum absolute atomic E-state index is 0.136. The minimum Gasteiger partial charge on any atom is -0.465 e. The lowest BCUT2D eigenvalue weighted by molar-refractivity contribution is 0.0597. The highest BCUT2D eigenvalue weighted by Gasteiger charge is 2.16. The van der Waals surface area contributed by atoms with Gasteiger partial charge < -0.3 is 15.2 Å². The zero-order chi connectivity index (χ0) is 13.8. The zero-order valence-electron chi connectivity index (χ0n) is 10.6. The van der Waals surface area contributed by atoms with Crippen molar-refractivity contribution in [2.45, 2.75) is 6.92 Å². The number of anilines is 1. The molecular formula is C13H13N3O3. The van der Waals surface area contributed by atoms with E-state index in [2.05, 4.69) is 14.7 Å². The van der Waals surface area contributed by atoms with Crippen LogP contribution in [0.2, 0.25) is 0 Å². The fourth-order valence-electron chi connectivity index (χ4n) is 1.49. The van der Waals surface area contributed by atoms with Gasteiger partial charge in [0.1, 0.15) is 5.56 Å². The molecule has 0 saturated carbocycles. The summed E-state index contributed by atoms with van der Waals surface area (Å²) in [5, 5.41) is 0. The Hall–Kier alpha value is -2.63. The number of nitrogen functional groups attached to an aromatic ring is 1. The molecule has 0 saturated heterocycles. The summed E-state index contributed by atoms with van der Waals surface area (Å²) in [5.41, 5.74) is 6.83. The average molecular weight is 259 g/mol. The molecule has 0 aliphatic carbocycles. The monoisotopic (exact) mass is 259 g/mol. The Balaban J connectivity index is 2.40. The van der Waals surface area contributed by atoms with E-state index in [0.29, 0.717) is 17.1 Å². The largest absolute Gasteiger partial charge is 0.465 e. The molecule has 0 bridgehead atoms. The fraction of sp³-hybridized carbons (Fsp3) is 0.154. The van der Waals surface area contributed by atoms with Crippen molar-refractivity contribution in [3.05, 3.63) is 41.9 Å². The maximum absolute atomic E-state index is 11.6. The number of methoxy groups -OCH3 is 1. The van der Waals surface area contributed by atoms with Crippen LogP contribution in [0, 0.1) is 6.92 Å². The molecular weight excluding hydrogens is 246 g/mol. The Bertz CT molecular complexity index is 614. The number of carbonyl (C=O) groups is 1. The quantitative estimate of drug-likeness (QED) is 0.847. The number of hydrogen-bond acceptors (Lipinski definition) is 6. The van der Waals surface area contributed by atoms with Crippen LogP contribution in [0.4, 0.5) is 5.69 Å². The number of pyridine rings is 2. The van der Waals surface area contributed by atoms with Gasteiger partial charge in [0.05, 0.1) is 24.7 Å². The number of nitrogens with zero attached hydrogens (tertiary/aromatic N) is 2. The van der Waals surface area contributed by atoms with E-state index in [1.54, 1.807) is 25.3 Å². The molecule has 2 aromatic rings. The Morgan fingerprint density at radius 3 is 2.84 bits per heavy atom. The molecule has 98 valence electrons. The summed E-state index contributed by atoms with van der Waals surface area (Å²) in [4.78, 5) is 19.7. The van der Waals surface area contributed by atoms with E-state index < -0.39 is 5.97 Å². The normalized spacial score (nSPS) is 10.0. The molecule has 2 heterocycles. The van der Waals surface area contributed by atoms with Gasteiger partial charge in [-0.15, -0.1) is 0 Å². The maximum atomic E-state index is 11.6. The maximum Gasteiger partial charge on any atom is 0.343 e. The van der Waals surface area contributed by atoms with E-state index in [1.165, 1.54) is 19.4 Å². The number of aromatic nitrogens is 2. The molecule has 0 amide bonds. The molecule has 0 aliphatic rings. The van der Waals surface area contributed by atoms with Crippen LogP contribution in [0.5, 0.6) is 11.6 Å². The number of rotatable bonds is 3. The van der Waals surface area contributed by atoms with Gasteiger partial charge in [-0.2, -0.15) is 0 Å². The SMILES string of the molecule is COC(=O)c1cc(N)cnc1Oc1cccnc1C. The number of carbonyl (C=O) groups excluding carboxylic acids is 1. The van der Waals surface area contributed by atoms with E-state index in [-0.39, 0.29) is 11.4 Å². The predicted molar refractivity (Wildman–Crippen MR) is 69.0 cm³/mol. The van der Waals surface area contributed by atoms with E-state index in [9.17, 15) is 4.79 Å². The van der Waals surface area contributed by atoms with Crippen molar-refractivity contribution in [3.8, 4) is 11.6 Å². The number of hydrogen-bond donors (Lipinski definition) is 1. The predicted octanol–water partition coefficient (Wildman–Crippen LogP) is 1.95. The van der Waals surface area contributed by atoms with Crippen LogP contribution in [-0.4, -0.2) is 23.0 Å². The first-order valence-corrected chi connectivity index (χ1v) is 5.55. The first-order chi connectivity index (χ1) is 9.11. The Kier molecular flexibility index (Phi) is 3.61. The third-order valence-corrected chi connectivity index (χ3v) is 2.44. The van der Waals surface area contributed by atoms with Crippen LogP contribution in [0.3, 0.4) is 0 Å². The smallest absolute Gasteiger partial charge is 0.343 e. The average Bonchev–Trinajstić information content (AvgIpc) is 2.42. The fourth-order valence-corrected chi connectivity index (χ4v) is 1.49. The standard InChI is InChI=1S/C13H13N3O3/c1-8-11(4-3-5-15-8)19-12-10(13(17)18-2)6-9(14)7-16-12/h3-7H,14H2,1-2H3. The molecule has 0 fully saturated rings. The summed E-state index contributed by atoms with van der Waals surface area (Å²) in [6.07, 6.45) is 3.06. The molecule has 19 heavy (non-hydrogen) atoms. The van der Waals surface area contributed by atoms with Gasteiger partial charge >= 0.3 is 5.97 Å². The van der Waals surface area contributed by atoms with Crippen LogP contribution < -0.4 is 10.5 Å². The molecule has 0 aliphatic heterocycles. The van der Waals surface area contributed by atoms with E-state index in [0.717, 1.165) is 0 Å². The third-order valence-electron chi connectivity index (χ3n) is 2.44. The molecule has 0 spiro atoms. The highest BCUT2D eigenvalue weighted by Crippen LogP contribution is 2.26. The van der Waals surface area contributed by atoms with Crippen molar-refractivity contribution < 1.29 is 14.3 Å². The summed E-state index contributed by atoms with van der Waals surface area (Å²) in [6, 6.07) is 4.93.